The number of rotatable bonds is 2. The normalized spacial score (nSPS) is 25.3. The SMILES string of the molecule is CC1=CC(C)CC(C(O)c2cccc3ccsc23)C1. The summed E-state index contributed by atoms with van der Waals surface area (Å²) in [5.74, 6) is 0.934. The molecular formula is C17H20OS. The third kappa shape index (κ3) is 2.47. The van der Waals surface area contributed by atoms with Crippen LogP contribution in [0.3, 0.4) is 0 Å². The van der Waals surface area contributed by atoms with Crippen LogP contribution < -0.4 is 0 Å². The van der Waals surface area contributed by atoms with Gasteiger partial charge >= 0.3 is 0 Å². The predicted octanol–water partition coefficient (Wildman–Crippen LogP) is 4.93. The Morgan fingerprint density at radius 2 is 2.16 bits per heavy atom. The molecule has 1 nitrogen and oxygen atoms in total. The van der Waals surface area contributed by atoms with Crippen molar-refractivity contribution in [2.45, 2.75) is 32.8 Å². The molecule has 0 saturated carbocycles. The van der Waals surface area contributed by atoms with Gasteiger partial charge in [0.05, 0.1) is 6.10 Å². The van der Waals surface area contributed by atoms with Crippen molar-refractivity contribution in [1.82, 2.24) is 0 Å². The van der Waals surface area contributed by atoms with Gasteiger partial charge in [0.2, 0.25) is 0 Å². The van der Waals surface area contributed by atoms with Crippen molar-refractivity contribution in [2.75, 3.05) is 0 Å². The Morgan fingerprint density at radius 3 is 2.95 bits per heavy atom. The second kappa shape index (κ2) is 5.10. The highest BCUT2D eigenvalue weighted by Crippen LogP contribution is 2.39. The number of benzene rings is 1. The van der Waals surface area contributed by atoms with Crippen molar-refractivity contribution < 1.29 is 5.11 Å². The third-order valence-electron chi connectivity index (χ3n) is 4.10. The lowest BCUT2D eigenvalue weighted by atomic mass is 9.79. The van der Waals surface area contributed by atoms with E-state index in [0.717, 1.165) is 18.4 Å². The summed E-state index contributed by atoms with van der Waals surface area (Å²) in [5, 5.41) is 14.1. The minimum atomic E-state index is -0.339. The first kappa shape index (κ1) is 12.9. The van der Waals surface area contributed by atoms with Crippen molar-refractivity contribution >= 4 is 21.4 Å². The topological polar surface area (TPSA) is 20.2 Å². The summed E-state index contributed by atoms with van der Waals surface area (Å²) in [7, 11) is 0. The van der Waals surface area contributed by atoms with Gasteiger partial charge in [-0.25, -0.2) is 0 Å². The van der Waals surface area contributed by atoms with Crippen LogP contribution in [-0.4, -0.2) is 5.11 Å². The molecule has 3 unspecified atom stereocenters. The van der Waals surface area contributed by atoms with Crippen LogP contribution >= 0.6 is 11.3 Å². The summed E-state index contributed by atoms with van der Waals surface area (Å²) in [6, 6.07) is 8.39. The van der Waals surface area contributed by atoms with E-state index in [0.29, 0.717) is 11.8 Å². The van der Waals surface area contributed by atoms with E-state index in [-0.39, 0.29) is 6.10 Å². The van der Waals surface area contributed by atoms with Gasteiger partial charge < -0.3 is 5.11 Å². The number of hydrogen-bond acceptors (Lipinski definition) is 2. The van der Waals surface area contributed by atoms with Crippen LogP contribution in [0.1, 0.15) is 38.4 Å². The number of fused-ring (bicyclic) bond motifs is 1. The van der Waals surface area contributed by atoms with Gasteiger partial charge in [-0.05, 0) is 54.0 Å². The van der Waals surface area contributed by atoms with Crippen LogP contribution in [0.15, 0.2) is 41.3 Å². The Labute approximate surface area is 118 Å². The van der Waals surface area contributed by atoms with Crippen molar-refractivity contribution in [2.24, 2.45) is 11.8 Å². The Hall–Kier alpha value is -1.12. The van der Waals surface area contributed by atoms with Gasteiger partial charge in [-0.2, -0.15) is 0 Å². The molecule has 100 valence electrons. The van der Waals surface area contributed by atoms with Crippen LogP contribution in [0.4, 0.5) is 0 Å². The van der Waals surface area contributed by atoms with E-state index in [9.17, 15) is 5.11 Å². The number of hydrogen-bond donors (Lipinski definition) is 1. The Morgan fingerprint density at radius 1 is 1.32 bits per heavy atom. The minimum Gasteiger partial charge on any atom is -0.388 e. The zero-order valence-electron chi connectivity index (χ0n) is 11.5. The lowest BCUT2D eigenvalue weighted by Crippen LogP contribution is -2.19. The van der Waals surface area contributed by atoms with Crippen LogP contribution in [0.2, 0.25) is 0 Å². The Balaban J connectivity index is 1.94. The van der Waals surface area contributed by atoms with Crippen molar-refractivity contribution in [3.05, 3.63) is 46.9 Å². The standard InChI is InChI=1S/C17H20OS/c1-11-8-12(2)10-14(9-11)16(18)15-5-3-4-13-6-7-19-17(13)15/h3-8,11,14,16,18H,9-10H2,1-2H3. The molecule has 1 aliphatic rings. The fourth-order valence-corrected chi connectivity index (χ4v) is 4.29. The number of aliphatic hydroxyl groups excluding tert-OH is 1. The molecule has 3 rings (SSSR count). The number of aliphatic hydroxyl groups is 1. The molecule has 0 saturated heterocycles. The third-order valence-corrected chi connectivity index (χ3v) is 5.08. The maximum atomic E-state index is 10.8. The van der Waals surface area contributed by atoms with Crippen molar-refractivity contribution in [3.8, 4) is 0 Å². The molecule has 0 fully saturated rings. The lowest BCUT2D eigenvalue weighted by molar-refractivity contribution is 0.0947. The molecule has 1 aromatic heterocycles. The van der Waals surface area contributed by atoms with E-state index in [2.05, 4.69) is 49.6 Å². The highest BCUT2D eigenvalue weighted by molar-refractivity contribution is 7.17. The molecule has 1 aromatic carbocycles. The second-order valence-corrected chi connectivity index (χ2v) is 6.74. The Bertz CT molecular complexity index is 611. The fourth-order valence-electron chi connectivity index (χ4n) is 3.34. The molecule has 0 bridgehead atoms. The van der Waals surface area contributed by atoms with Crippen molar-refractivity contribution in [1.29, 1.82) is 0 Å². The number of allylic oxidation sites excluding steroid dienone is 2. The quantitative estimate of drug-likeness (QED) is 0.769. The summed E-state index contributed by atoms with van der Waals surface area (Å²) in [6.45, 7) is 4.43. The van der Waals surface area contributed by atoms with Crippen LogP contribution in [0, 0.1) is 11.8 Å². The number of thiophene rings is 1. The van der Waals surface area contributed by atoms with Crippen LogP contribution in [-0.2, 0) is 0 Å². The average molecular weight is 272 g/mol. The first-order valence-electron chi connectivity index (χ1n) is 6.96. The van der Waals surface area contributed by atoms with E-state index >= 15 is 0 Å². The van der Waals surface area contributed by atoms with Gasteiger partial charge in [0.15, 0.2) is 0 Å². The van der Waals surface area contributed by atoms with E-state index in [1.165, 1.54) is 15.7 Å². The highest BCUT2D eigenvalue weighted by atomic mass is 32.1. The first-order chi connectivity index (χ1) is 9.15. The van der Waals surface area contributed by atoms with E-state index < -0.39 is 0 Å². The van der Waals surface area contributed by atoms with E-state index in [1.54, 1.807) is 11.3 Å². The van der Waals surface area contributed by atoms with Gasteiger partial charge in [-0.3, -0.25) is 0 Å². The van der Waals surface area contributed by atoms with Gasteiger partial charge in [-0.1, -0.05) is 36.8 Å². The Kier molecular flexibility index (Phi) is 3.46. The van der Waals surface area contributed by atoms with Gasteiger partial charge in [0, 0.05) is 4.70 Å². The monoisotopic (exact) mass is 272 g/mol. The lowest BCUT2D eigenvalue weighted by Gasteiger charge is -2.29. The molecule has 2 heteroatoms. The fraction of sp³-hybridized carbons (Fsp3) is 0.412. The predicted molar refractivity (Wildman–Crippen MR) is 82.4 cm³/mol. The zero-order valence-corrected chi connectivity index (χ0v) is 12.3. The van der Waals surface area contributed by atoms with Gasteiger partial charge in [0.25, 0.3) is 0 Å². The minimum absolute atomic E-state index is 0.339. The van der Waals surface area contributed by atoms with Gasteiger partial charge in [-0.15, -0.1) is 11.3 Å². The molecule has 1 aliphatic carbocycles. The summed E-state index contributed by atoms with van der Waals surface area (Å²) in [4.78, 5) is 0. The van der Waals surface area contributed by atoms with Crippen LogP contribution in [0.5, 0.6) is 0 Å². The molecule has 19 heavy (non-hydrogen) atoms. The molecule has 1 N–H and O–H groups in total. The van der Waals surface area contributed by atoms with Gasteiger partial charge in [0.1, 0.15) is 0 Å². The maximum absolute atomic E-state index is 10.8. The zero-order chi connectivity index (χ0) is 13.4. The summed E-state index contributed by atoms with van der Waals surface area (Å²) in [5.41, 5.74) is 2.53. The van der Waals surface area contributed by atoms with E-state index in [1.807, 2.05) is 0 Å². The summed E-state index contributed by atoms with van der Waals surface area (Å²) < 4.78 is 1.25. The average Bonchev–Trinajstić information content (AvgIpc) is 2.84. The first-order valence-corrected chi connectivity index (χ1v) is 7.84. The molecule has 0 aliphatic heterocycles. The molecule has 3 atom stereocenters. The maximum Gasteiger partial charge on any atom is 0.0835 e. The molecular weight excluding hydrogens is 252 g/mol. The van der Waals surface area contributed by atoms with Crippen molar-refractivity contribution in [3.63, 3.8) is 0 Å². The molecule has 0 radical (unpaired) electrons. The highest BCUT2D eigenvalue weighted by Gasteiger charge is 2.27. The van der Waals surface area contributed by atoms with E-state index in [4.69, 9.17) is 0 Å². The molecule has 1 heterocycles. The second-order valence-electron chi connectivity index (χ2n) is 5.82. The molecule has 0 amide bonds. The molecule has 2 aromatic rings. The van der Waals surface area contributed by atoms with Crippen LogP contribution in [0.25, 0.3) is 10.1 Å². The molecule has 0 spiro atoms. The summed E-state index contributed by atoms with van der Waals surface area (Å²) in [6.07, 6.45) is 4.11. The summed E-state index contributed by atoms with van der Waals surface area (Å²) >= 11 is 1.73. The largest absolute Gasteiger partial charge is 0.388 e. The smallest absolute Gasteiger partial charge is 0.0835 e.